The third-order valence-corrected chi connectivity index (χ3v) is 5.66. The number of benzene rings is 1. The van der Waals surface area contributed by atoms with Gasteiger partial charge in [0.1, 0.15) is 5.82 Å². The zero-order valence-electron chi connectivity index (χ0n) is 18.0. The molecular formula is C23H22ClN3O5S. The highest BCUT2D eigenvalue weighted by atomic mass is 35.5. The third-order valence-electron chi connectivity index (χ3n) is 4.56. The van der Waals surface area contributed by atoms with Gasteiger partial charge in [-0.2, -0.15) is 0 Å². The van der Waals surface area contributed by atoms with Gasteiger partial charge in [-0.05, 0) is 31.5 Å². The number of hydrogen-bond donors (Lipinski definition) is 0. The molecule has 0 aliphatic heterocycles. The largest absolute Gasteiger partial charge is 0.463 e. The molecule has 0 bridgehead atoms. The van der Waals surface area contributed by atoms with Crippen LogP contribution in [0.5, 0.6) is 0 Å². The van der Waals surface area contributed by atoms with Crippen molar-refractivity contribution in [2.45, 2.75) is 32.4 Å². The molecule has 0 spiro atoms. The summed E-state index contributed by atoms with van der Waals surface area (Å²) in [4.78, 5) is 49.3. The summed E-state index contributed by atoms with van der Waals surface area (Å²) in [5.74, 6) is -3.10. The number of anilines is 1. The third kappa shape index (κ3) is 6.36. The molecule has 1 unspecified atom stereocenters. The lowest BCUT2D eigenvalue weighted by Gasteiger charge is -2.26. The minimum atomic E-state index is -1.33. The number of ether oxygens (including phenoxy) is 2. The number of nitrogens with zero attached hydrogens (tertiary/aromatic N) is 3. The van der Waals surface area contributed by atoms with Crippen molar-refractivity contribution in [3.63, 3.8) is 0 Å². The van der Waals surface area contributed by atoms with Gasteiger partial charge in [-0.3, -0.25) is 14.5 Å². The number of carbonyl (C=O) groups is 3. The quantitative estimate of drug-likeness (QED) is 0.332. The molecule has 2 aromatic heterocycles. The van der Waals surface area contributed by atoms with Crippen LogP contribution in [0.25, 0.3) is 0 Å². The summed E-state index contributed by atoms with van der Waals surface area (Å²) >= 11 is 7.18. The highest BCUT2D eigenvalue weighted by molar-refractivity contribution is 7.15. The number of carbonyl (C=O) groups excluding carboxylic acids is 3. The van der Waals surface area contributed by atoms with Crippen molar-refractivity contribution < 1.29 is 23.9 Å². The molecule has 0 aliphatic carbocycles. The maximum atomic E-state index is 13.8. The molecule has 2 atom stereocenters. The van der Waals surface area contributed by atoms with E-state index in [0.29, 0.717) is 20.7 Å². The van der Waals surface area contributed by atoms with E-state index in [4.69, 9.17) is 21.1 Å². The number of pyridine rings is 1. The van der Waals surface area contributed by atoms with Gasteiger partial charge in [0, 0.05) is 17.3 Å². The molecule has 0 fully saturated rings. The first-order valence-electron chi connectivity index (χ1n) is 10.2. The van der Waals surface area contributed by atoms with E-state index in [1.54, 1.807) is 67.8 Å². The average molecular weight is 488 g/mol. The van der Waals surface area contributed by atoms with Gasteiger partial charge in [-0.25, -0.2) is 14.8 Å². The van der Waals surface area contributed by atoms with Crippen molar-refractivity contribution in [2.75, 3.05) is 11.5 Å². The minimum absolute atomic E-state index is 0.101. The summed E-state index contributed by atoms with van der Waals surface area (Å²) in [6, 6.07) is 13.6. The van der Waals surface area contributed by atoms with Gasteiger partial charge < -0.3 is 9.47 Å². The number of hydrogen-bond acceptors (Lipinski definition) is 8. The fourth-order valence-corrected chi connectivity index (χ4v) is 4.00. The Balaban J connectivity index is 1.96. The number of amides is 1. The van der Waals surface area contributed by atoms with Crippen LogP contribution >= 0.6 is 22.9 Å². The lowest BCUT2D eigenvalue weighted by Crippen LogP contribution is -2.40. The molecule has 0 radical (unpaired) electrons. The van der Waals surface area contributed by atoms with E-state index in [2.05, 4.69) is 9.97 Å². The highest BCUT2D eigenvalue weighted by Crippen LogP contribution is 2.27. The second-order valence-corrected chi connectivity index (χ2v) is 8.56. The number of rotatable bonds is 9. The summed E-state index contributed by atoms with van der Waals surface area (Å²) in [6.45, 7) is 3.30. The first-order chi connectivity index (χ1) is 15.9. The molecule has 172 valence electrons. The summed E-state index contributed by atoms with van der Waals surface area (Å²) in [5.41, 5.74) is 0.423. The van der Waals surface area contributed by atoms with E-state index in [1.807, 2.05) is 0 Å². The van der Waals surface area contributed by atoms with Gasteiger partial charge in [0.2, 0.25) is 5.91 Å². The number of thiazole rings is 1. The molecule has 2 heterocycles. The predicted molar refractivity (Wildman–Crippen MR) is 124 cm³/mol. The number of halogens is 1. The molecule has 1 aromatic carbocycles. The molecule has 0 saturated carbocycles. The molecule has 1 amide bonds. The monoisotopic (exact) mass is 487 g/mol. The summed E-state index contributed by atoms with van der Waals surface area (Å²) in [7, 11) is 0. The maximum absolute atomic E-state index is 13.8. The van der Waals surface area contributed by atoms with Crippen molar-refractivity contribution in [3.05, 3.63) is 75.8 Å². The number of esters is 2. The number of aromatic nitrogens is 2. The Morgan fingerprint density at radius 1 is 1.06 bits per heavy atom. The molecule has 10 heteroatoms. The normalized spacial score (nSPS) is 12.5. The Bertz CT molecular complexity index is 1090. The fraction of sp³-hybridized carbons (Fsp3) is 0.261. The zero-order valence-corrected chi connectivity index (χ0v) is 19.6. The minimum Gasteiger partial charge on any atom is -0.463 e. The Morgan fingerprint density at radius 2 is 1.79 bits per heavy atom. The molecule has 0 N–H and O–H groups in total. The van der Waals surface area contributed by atoms with Crippen LogP contribution in [-0.4, -0.2) is 40.5 Å². The lowest BCUT2D eigenvalue weighted by molar-refractivity contribution is -0.168. The van der Waals surface area contributed by atoms with Crippen LogP contribution in [0, 0.1) is 0 Å². The van der Waals surface area contributed by atoms with Gasteiger partial charge >= 0.3 is 11.9 Å². The first kappa shape index (κ1) is 24.3. The zero-order chi connectivity index (χ0) is 23.8. The molecule has 3 aromatic rings. The molecule has 33 heavy (non-hydrogen) atoms. The first-order valence-corrected chi connectivity index (χ1v) is 11.3. The smallest absolute Gasteiger partial charge is 0.347 e. The van der Waals surface area contributed by atoms with Crippen molar-refractivity contribution in [2.24, 2.45) is 0 Å². The van der Waals surface area contributed by atoms with Crippen LogP contribution < -0.4 is 4.90 Å². The van der Waals surface area contributed by atoms with E-state index in [0.717, 1.165) is 0 Å². The fourth-order valence-electron chi connectivity index (χ4n) is 3.03. The summed E-state index contributed by atoms with van der Waals surface area (Å²) in [6.07, 6.45) is 1.95. The topological polar surface area (TPSA) is 98.7 Å². The average Bonchev–Trinajstić information content (AvgIpc) is 3.23. The van der Waals surface area contributed by atoms with Crippen LogP contribution in [0.1, 0.15) is 30.2 Å². The Morgan fingerprint density at radius 3 is 2.39 bits per heavy atom. The molecule has 3 rings (SSSR count). The predicted octanol–water partition coefficient (Wildman–Crippen LogP) is 4.00. The van der Waals surface area contributed by atoms with E-state index in [-0.39, 0.29) is 13.2 Å². The standard InChI is InChI=1S/C23H22ClN3O5S/c1-3-31-21(29)15(2)32-22(30)19(16-9-5-4-6-10-16)20(28)27(18-11-7-8-12-25-18)14-17-13-26-23(24)33-17/h4-13,15,19H,3,14H2,1-2H3/t15-,19?/m1/s1. The van der Waals surface area contributed by atoms with Crippen LogP contribution in [-0.2, 0) is 30.4 Å². The van der Waals surface area contributed by atoms with Crippen molar-refractivity contribution in [1.82, 2.24) is 9.97 Å². The van der Waals surface area contributed by atoms with E-state index in [9.17, 15) is 14.4 Å². The van der Waals surface area contributed by atoms with Gasteiger partial charge in [0.05, 0.1) is 13.2 Å². The van der Waals surface area contributed by atoms with Crippen molar-refractivity contribution in [1.29, 1.82) is 0 Å². The van der Waals surface area contributed by atoms with Crippen molar-refractivity contribution in [3.8, 4) is 0 Å². The van der Waals surface area contributed by atoms with Gasteiger partial charge in [0.15, 0.2) is 16.5 Å². The van der Waals surface area contributed by atoms with E-state index >= 15 is 0 Å². The summed E-state index contributed by atoms with van der Waals surface area (Å²) in [5, 5.41) is 0. The van der Waals surface area contributed by atoms with Crippen LogP contribution in [0.15, 0.2) is 60.9 Å². The molecule has 8 nitrogen and oxygen atoms in total. The SMILES string of the molecule is CCOC(=O)[C@@H](C)OC(=O)C(C(=O)N(Cc1cnc(Cl)s1)c1ccccn1)c1ccccc1. The van der Waals surface area contributed by atoms with Crippen LogP contribution in [0.3, 0.4) is 0 Å². The van der Waals surface area contributed by atoms with E-state index in [1.165, 1.54) is 23.2 Å². The second kappa shape index (κ2) is 11.5. The van der Waals surface area contributed by atoms with Gasteiger partial charge in [-0.15, -0.1) is 11.3 Å². The lowest BCUT2D eigenvalue weighted by atomic mass is 9.97. The van der Waals surface area contributed by atoms with Crippen LogP contribution in [0.4, 0.5) is 5.82 Å². The van der Waals surface area contributed by atoms with Gasteiger partial charge in [-0.1, -0.05) is 48.0 Å². The summed E-state index contributed by atoms with van der Waals surface area (Å²) < 4.78 is 10.6. The Labute approximate surface area is 200 Å². The van der Waals surface area contributed by atoms with Crippen molar-refractivity contribution >= 4 is 46.6 Å². The second-order valence-electron chi connectivity index (χ2n) is 6.87. The Hall–Kier alpha value is -3.30. The molecule has 0 saturated heterocycles. The maximum Gasteiger partial charge on any atom is 0.347 e. The highest BCUT2D eigenvalue weighted by Gasteiger charge is 2.37. The van der Waals surface area contributed by atoms with Crippen LogP contribution in [0.2, 0.25) is 4.47 Å². The molecule has 0 aliphatic rings. The van der Waals surface area contributed by atoms with E-state index < -0.39 is 29.9 Å². The Kier molecular flexibility index (Phi) is 8.51. The van der Waals surface area contributed by atoms with Gasteiger partial charge in [0.25, 0.3) is 0 Å². The molecular weight excluding hydrogens is 466 g/mol.